The Bertz CT molecular complexity index is 551. The van der Waals surface area contributed by atoms with Gasteiger partial charge in [-0.3, -0.25) is 4.90 Å². The average Bonchev–Trinajstić information content (AvgIpc) is 3.10. The summed E-state index contributed by atoms with van der Waals surface area (Å²) in [4.78, 5) is 10.9. The van der Waals surface area contributed by atoms with Gasteiger partial charge in [0.15, 0.2) is 5.82 Å². The summed E-state index contributed by atoms with van der Waals surface area (Å²) >= 11 is 0. The second-order valence-corrected chi connectivity index (χ2v) is 5.43. The van der Waals surface area contributed by atoms with E-state index in [1.165, 1.54) is 6.33 Å². The monoisotopic (exact) mass is 272 g/mol. The molecule has 0 aromatic carbocycles. The van der Waals surface area contributed by atoms with Gasteiger partial charge in [-0.15, -0.1) is 0 Å². The van der Waals surface area contributed by atoms with Gasteiger partial charge in [-0.1, -0.05) is 0 Å². The SMILES string of the molecule is CC(C)N1CCC(Nc2cccnc2-n2cncn2)C1. The maximum Gasteiger partial charge on any atom is 0.178 e. The van der Waals surface area contributed by atoms with Gasteiger partial charge >= 0.3 is 0 Å². The van der Waals surface area contributed by atoms with Crippen LogP contribution < -0.4 is 5.32 Å². The van der Waals surface area contributed by atoms with Crippen LogP contribution in [0.3, 0.4) is 0 Å². The third-order valence-corrected chi connectivity index (χ3v) is 3.73. The zero-order chi connectivity index (χ0) is 13.9. The van der Waals surface area contributed by atoms with Crippen LogP contribution >= 0.6 is 0 Å². The van der Waals surface area contributed by atoms with E-state index in [1.54, 1.807) is 17.2 Å². The summed E-state index contributed by atoms with van der Waals surface area (Å²) in [5.41, 5.74) is 1.01. The van der Waals surface area contributed by atoms with Gasteiger partial charge in [0.2, 0.25) is 0 Å². The Labute approximate surface area is 118 Å². The van der Waals surface area contributed by atoms with Crippen molar-refractivity contribution in [3.05, 3.63) is 31.0 Å². The molecule has 1 unspecified atom stereocenters. The Hall–Kier alpha value is -1.95. The summed E-state index contributed by atoms with van der Waals surface area (Å²) in [6.45, 7) is 6.71. The molecule has 3 rings (SSSR count). The highest BCUT2D eigenvalue weighted by Crippen LogP contribution is 2.21. The maximum atomic E-state index is 4.40. The Kier molecular flexibility index (Phi) is 3.64. The van der Waals surface area contributed by atoms with Crippen LogP contribution in [-0.4, -0.2) is 49.8 Å². The molecule has 1 atom stereocenters. The van der Waals surface area contributed by atoms with E-state index in [-0.39, 0.29) is 0 Å². The number of nitrogens with one attached hydrogen (secondary N) is 1. The Morgan fingerprint density at radius 1 is 1.40 bits per heavy atom. The highest BCUT2D eigenvalue weighted by atomic mass is 15.3. The molecule has 1 saturated heterocycles. The van der Waals surface area contributed by atoms with E-state index in [4.69, 9.17) is 0 Å². The predicted octanol–water partition coefficient (Wildman–Crippen LogP) is 1.56. The van der Waals surface area contributed by atoms with Crippen molar-refractivity contribution in [2.24, 2.45) is 0 Å². The second kappa shape index (κ2) is 5.58. The van der Waals surface area contributed by atoms with Gasteiger partial charge in [0.25, 0.3) is 0 Å². The van der Waals surface area contributed by atoms with Crippen molar-refractivity contribution in [3.63, 3.8) is 0 Å². The smallest absolute Gasteiger partial charge is 0.178 e. The van der Waals surface area contributed by atoms with Crippen molar-refractivity contribution >= 4 is 5.69 Å². The van der Waals surface area contributed by atoms with E-state index in [0.29, 0.717) is 12.1 Å². The zero-order valence-electron chi connectivity index (χ0n) is 11.9. The van der Waals surface area contributed by atoms with Crippen molar-refractivity contribution in [3.8, 4) is 5.82 Å². The molecule has 0 bridgehead atoms. The van der Waals surface area contributed by atoms with E-state index in [1.807, 2.05) is 12.1 Å². The molecule has 0 radical (unpaired) electrons. The average molecular weight is 272 g/mol. The number of aromatic nitrogens is 4. The van der Waals surface area contributed by atoms with Crippen LogP contribution in [0.4, 0.5) is 5.69 Å². The molecular formula is C14H20N6. The summed E-state index contributed by atoms with van der Waals surface area (Å²) in [6, 6.07) is 5.05. The largest absolute Gasteiger partial charge is 0.378 e. The molecule has 6 heteroatoms. The first-order valence-electron chi connectivity index (χ1n) is 7.04. The third kappa shape index (κ3) is 2.65. The summed E-state index contributed by atoms with van der Waals surface area (Å²) in [5, 5.41) is 7.75. The minimum absolute atomic E-state index is 0.462. The number of anilines is 1. The zero-order valence-corrected chi connectivity index (χ0v) is 11.9. The van der Waals surface area contributed by atoms with Gasteiger partial charge in [0, 0.05) is 31.4 Å². The standard InChI is InChI=1S/C14H20N6/c1-11(2)19-7-5-12(8-19)18-13-4-3-6-16-14(13)20-10-15-9-17-20/h3-4,6,9-12,18H,5,7-8H2,1-2H3. The summed E-state index contributed by atoms with van der Waals surface area (Å²) < 4.78 is 1.69. The van der Waals surface area contributed by atoms with E-state index in [2.05, 4.69) is 39.1 Å². The molecule has 2 aromatic heterocycles. The molecule has 0 amide bonds. The minimum Gasteiger partial charge on any atom is -0.378 e. The van der Waals surface area contributed by atoms with Crippen molar-refractivity contribution in [2.45, 2.75) is 32.4 Å². The molecule has 1 N–H and O–H groups in total. The Balaban J connectivity index is 1.76. The minimum atomic E-state index is 0.462. The van der Waals surface area contributed by atoms with Gasteiger partial charge in [-0.25, -0.2) is 14.6 Å². The van der Waals surface area contributed by atoms with Crippen LogP contribution in [0.25, 0.3) is 5.82 Å². The van der Waals surface area contributed by atoms with Gasteiger partial charge < -0.3 is 5.32 Å². The van der Waals surface area contributed by atoms with Gasteiger partial charge in [0.05, 0.1) is 5.69 Å². The number of pyridine rings is 1. The molecule has 3 heterocycles. The lowest BCUT2D eigenvalue weighted by atomic mass is 10.2. The van der Waals surface area contributed by atoms with Gasteiger partial charge in [-0.2, -0.15) is 5.10 Å². The molecular weight excluding hydrogens is 252 g/mol. The molecule has 1 fully saturated rings. The van der Waals surface area contributed by atoms with Crippen LogP contribution in [0.5, 0.6) is 0 Å². The van der Waals surface area contributed by atoms with Crippen LogP contribution in [0.15, 0.2) is 31.0 Å². The molecule has 1 aliphatic heterocycles. The Morgan fingerprint density at radius 3 is 3.00 bits per heavy atom. The summed E-state index contributed by atoms with van der Waals surface area (Å²) in [7, 11) is 0. The van der Waals surface area contributed by atoms with Crippen LogP contribution in [0.2, 0.25) is 0 Å². The molecule has 2 aromatic rings. The number of hydrogen-bond acceptors (Lipinski definition) is 5. The molecule has 0 saturated carbocycles. The normalized spacial score (nSPS) is 19.6. The van der Waals surface area contributed by atoms with Crippen molar-refractivity contribution in [2.75, 3.05) is 18.4 Å². The van der Waals surface area contributed by atoms with Gasteiger partial charge in [-0.05, 0) is 32.4 Å². The molecule has 6 nitrogen and oxygen atoms in total. The van der Waals surface area contributed by atoms with Crippen LogP contribution in [0.1, 0.15) is 20.3 Å². The summed E-state index contributed by atoms with van der Waals surface area (Å²) in [6.07, 6.45) is 6.12. The van der Waals surface area contributed by atoms with Gasteiger partial charge in [0.1, 0.15) is 12.7 Å². The fourth-order valence-corrected chi connectivity index (χ4v) is 2.60. The first-order chi connectivity index (χ1) is 9.74. The molecule has 106 valence electrons. The second-order valence-electron chi connectivity index (χ2n) is 5.43. The first kappa shape index (κ1) is 13.1. The fourth-order valence-electron chi connectivity index (χ4n) is 2.60. The number of nitrogens with zero attached hydrogens (tertiary/aromatic N) is 5. The number of rotatable bonds is 4. The molecule has 1 aliphatic rings. The van der Waals surface area contributed by atoms with Crippen molar-refractivity contribution < 1.29 is 0 Å². The van der Waals surface area contributed by atoms with E-state index >= 15 is 0 Å². The maximum absolute atomic E-state index is 4.40. The highest BCUT2D eigenvalue weighted by Gasteiger charge is 2.24. The lowest BCUT2D eigenvalue weighted by Crippen LogP contribution is -2.31. The Morgan fingerprint density at radius 2 is 2.30 bits per heavy atom. The third-order valence-electron chi connectivity index (χ3n) is 3.73. The fraction of sp³-hybridized carbons (Fsp3) is 0.500. The predicted molar refractivity (Wildman–Crippen MR) is 77.9 cm³/mol. The van der Waals surface area contributed by atoms with E-state index in [0.717, 1.165) is 31.0 Å². The van der Waals surface area contributed by atoms with Crippen LogP contribution in [0, 0.1) is 0 Å². The molecule has 0 spiro atoms. The lowest BCUT2D eigenvalue weighted by molar-refractivity contribution is 0.274. The number of hydrogen-bond donors (Lipinski definition) is 1. The van der Waals surface area contributed by atoms with Crippen LogP contribution in [-0.2, 0) is 0 Å². The first-order valence-corrected chi connectivity index (χ1v) is 7.04. The van der Waals surface area contributed by atoms with E-state index < -0.39 is 0 Å². The molecule has 0 aliphatic carbocycles. The quantitative estimate of drug-likeness (QED) is 0.915. The van der Waals surface area contributed by atoms with Crippen molar-refractivity contribution in [1.29, 1.82) is 0 Å². The summed E-state index contributed by atoms with van der Waals surface area (Å²) in [5.74, 6) is 0.799. The number of likely N-dealkylation sites (tertiary alicyclic amines) is 1. The highest BCUT2D eigenvalue weighted by molar-refractivity contribution is 5.56. The van der Waals surface area contributed by atoms with Crippen molar-refractivity contribution in [1.82, 2.24) is 24.6 Å². The lowest BCUT2D eigenvalue weighted by Gasteiger charge is -2.21. The van der Waals surface area contributed by atoms with E-state index in [9.17, 15) is 0 Å². The molecule has 20 heavy (non-hydrogen) atoms. The topological polar surface area (TPSA) is 58.9 Å².